The van der Waals surface area contributed by atoms with Gasteiger partial charge >= 0.3 is 0 Å². The zero-order valence-electron chi connectivity index (χ0n) is 13.8. The quantitative estimate of drug-likeness (QED) is 0.449. The van der Waals surface area contributed by atoms with Crippen LogP contribution in [0.1, 0.15) is 19.4 Å². The van der Waals surface area contributed by atoms with Crippen molar-refractivity contribution in [3.05, 3.63) is 78.3 Å². The number of aliphatic imine (C=N–C) groups is 1. The van der Waals surface area contributed by atoms with Crippen LogP contribution in [0.25, 0.3) is 5.57 Å². The van der Waals surface area contributed by atoms with Crippen molar-refractivity contribution in [2.75, 3.05) is 7.05 Å². The van der Waals surface area contributed by atoms with Gasteiger partial charge in [0.25, 0.3) is 0 Å². The van der Waals surface area contributed by atoms with Gasteiger partial charge in [-0.3, -0.25) is 9.79 Å². The predicted octanol–water partition coefficient (Wildman–Crippen LogP) is 3.81. The molecule has 0 aromatic carbocycles. The van der Waals surface area contributed by atoms with Gasteiger partial charge in [-0.15, -0.1) is 0 Å². The van der Waals surface area contributed by atoms with E-state index in [1.165, 1.54) is 6.08 Å². The van der Waals surface area contributed by atoms with Crippen molar-refractivity contribution in [3.8, 4) is 0 Å². The summed E-state index contributed by atoms with van der Waals surface area (Å²) in [6, 6.07) is 1.97. The number of hydrogen-bond donors (Lipinski definition) is 2. The number of rotatable bonds is 7. The molecule has 0 fully saturated rings. The molecule has 120 valence electrons. The van der Waals surface area contributed by atoms with Crippen molar-refractivity contribution < 1.29 is 4.79 Å². The third-order valence-corrected chi connectivity index (χ3v) is 2.89. The van der Waals surface area contributed by atoms with Crippen LogP contribution in [-0.2, 0) is 4.79 Å². The predicted molar refractivity (Wildman–Crippen MR) is 98.2 cm³/mol. The van der Waals surface area contributed by atoms with E-state index in [0.717, 1.165) is 16.7 Å². The topological polar surface area (TPSA) is 57.2 Å². The Labute approximate surface area is 137 Å². The van der Waals surface area contributed by atoms with Crippen molar-refractivity contribution >= 4 is 17.7 Å². The molecule has 0 saturated heterocycles. The lowest BCUT2D eigenvalue weighted by atomic mass is 10.00. The molecular weight excluding hydrogens is 286 g/mol. The number of aromatic nitrogens is 1. The number of amides is 1. The van der Waals surface area contributed by atoms with Gasteiger partial charge in [0.15, 0.2) is 0 Å². The van der Waals surface area contributed by atoms with Gasteiger partial charge in [0.2, 0.25) is 5.91 Å². The molecule has 4 heteroatoms. The van der Waals surface area contributed by atoms with E-state index in [9.17, 15) is 4.79 Å². The molecule has 0 bridgehead atoms. The van der Waals surface area contributed by atoms with Crippen molar-refractivity contribution in [1.29, 1.82) is 0 Å². The highest BCUT2D eigenvalue weighted by Gasteiger charge is 2.06. The molecule has 0 unspecified atom stereocenters. The largest absolute Gasteiger partial charge is 0.367 e. The first kappa shape index (κ1) is 18.2. The number of aromatic amines is 1. The molecule has 1 aromatic heterocycles. The average molecular weight is 309 g/mol. The first-order valence-corrected chi connectivity index (χ1v) is 7.35. The standard InChI is InChI=1S/C19H23N3O/c1-5-7-9-18(16-10-11-21-13-16)15(3)12-17(14-20-4)22-19(23)8-6-2/h5-14,21H,3H2,1-2,4H3,(H,22,23)/b7-5-,8-6+,17-12+,18-9-,20-14?. The van der Waals surface area contributed by atoms with Crippen LogP contribution in [0.3, 0.4) is 0 Å². The summed E-state index contributed by atoms with van der Waals surface area (Å²) < 4.78 is 0. The Hall–Kier alpha value is -2.88. The van der Waals surface area contributed by atoms with E-state index in [-0.39, 0.29) is 5.91 Å². The van der Waals surface area contributed by atoms with Crippen molar-refractivity contribution in [1.82, 2.24) is 10.3 Å². The summed E-state index contributed by atoms with van der Waals surface area (Å²) in [6.45, 7) is 7.86. The summed E-state index contributed by atoms with van der Waals surface area (Å²) in [5.41, 5.74) is 3.35. The zero-order chi connectivity index (χ0) is 17.1. The van der Waals surface area contributed by atoms with Gasteiger partial charge in [0.1, 0.15) is 0 Å². The number of H-pyrrole nitrogens is 1. The molecule has 0 aliphatic rings. The van der Waals surface area contributed by atoms with Crippen molar-refractivity contribution in [3.63, 3.8) is 0 Å². The second-order valence-electron chi connectivity index (χ2n) is 4.71. The summed E-state index contributed by atoms with van der Waals surface area (Å²) in [7, 11) is 1.65. The molecule has 1 amide bonds. The van der Waals surface area contributed by atoms with Crippen LogP contribution < -0.4 is 5.32 Å². The second kappa shape index (κ2) is 9.95. The number of carbonyl (C=O) groups is 1. The Morgan fingerprint density at radius 2 is 2.13 bits per heavy atom. The fourth-order valence-electron chi connectivity index (χ4n) is 1.92. The van der Waals surface area contributed by atoms with Crippen molar-refractivity contribution in [2.24, 2.45) is 4.99 Å². The lowest BCUT2D eigenvalue weighted by Gasteiger charge is -2.08. The van der Waals surface area contributed by atoms with Crippen LogP contribution in [0.4, 0.5) is 0 Å². The molecule has 2 N–H and O–H groups in total. The molecule has 0 radical (unpaired) electrons. The highest BCUT2D eigenvalue weighted by atomic mass is 16.1. The zero-order valence-corrected chi connectivity index (χ0v) is 13.8. The van der Waals surface area contributed by atoms with Crippen LogP contribution >= 0.6 is 0 Å². The molecular formula is C19H23N3O. The molecule has 1 rings (SSSR count). The van der Waals surface area contributed by atoms with E-state index in [2.05, 4.69) is 21.9 Å². The summed E-state index contributed by atoms with van der Waals surface area (Å²) in [6.07, 6.45) is 16.2. The first-order chi connectivity index (χ1) is 11.1. The lowest BCUT2D eigenvalue weighted by Crippen LogP contribution is -2.21. The fraction of sp³-hybridized carbons (Fsp3) is 0.158. The Morgan fingerprint density at radius 1 is 1.35 bits per heavy atom. The molecule has 4 nitrogen and oxygen atoms in total. The average Bonchev–Trinajstić information content (AvgIpc) is 3.02. The Morgan fingerprint density at radius 3 is 2.70 bits per heavy atom. The van der Waals surface area contributed by atoms with E-state index < -0.39 is 0 Å². The Balaban J connectivity index is 3.12. The SMILES string of the molecule is C=C(/C=C(\C=NC)NC(=O)/C=C/C)/C(=C/C=C\C)c1cc[nH]c1. The van der Waals surface area contributed by atoms with Crippen LogP contribution in [-0.4, -0.2) is 24.2 Å². The molecule has 0 aliphatic carbocycles. The maximum atomic E-state index is 11.7. The normalized spacial score (nSPS) is 13.3. The molecule has 1 aromatic rings. The number of nitrogens with zero attached hydrogens (tertiary/aromatic N) is 1. The van der Waals surface area contributed by atoms with Gasteiger partial charge in [-0.05, 0) is 48.8 Å². The maximum absolute atomic E-state index is 11.7. The van der Waals surface area contributed by atoms with Crippen molar-refractivity contribution in [2.45, 2.75) is 13.8 Å². The summed E-state index contributed by atoms with van der Waals surface area (Å²) >= 11 is 0. The van der Waals surface area contributed by atoms with Crippen LogP contribution in [0.15, 0.2) is 77.8 Å². The summed E-state index contributed by atoms with van der Waals surface area (Å²) in [5.74, 6) is -0.202. The van der Waals surface area contributed by atoms with E-state index in [0.29, 0.717) is 5.70 Å². The number of carbonyl (C=O) groups excluding carboxylic acids is 1. The van der Waals surface area contributed by atoms with Gasteiger partial charge in [-0.2, -0.15) is 0 Å². The highest BCUT2D eigenvalue weighted by Crippen LogP contribution is 2.23. The number of hydrogen-bond acceptors (Lipinski definition) is 2. The molecule has 23 heavy (non-hydrogen) atoms. The lowest BCUT2D eigenvalue weighted by molar-refractivity contribution is -0.115. The van der Waals surface area contributed by atoms with Crippen LogP contribution in [0.2, 0.25) is 0 Å². The Bertz CT molecular complexity index is 671. The smallest absolute Gasteiger partial charge is 0.248 e. The monoisotopic (exact) mass is 309 g/mol. The second-order valence-corrected chi connectivity index (χ2v) is 4.71. The summed E-state index contributed by atoms with van der Waals surface area (Å²) in [4.78, 5) is 18.7. The van der Waals surface area contributed by atoms with Gasteiger partial charge < -0.3 is 10.3 Å². The summed E-state index contributed by atoms with van der Waals surface area (Å²) in [5, 5.41) is 2.78. The minimum absolute atomic E-state index is 0.202. The minimum atomic E-state index is -0.202. The minimum Gasteiger partial charge on any atom is -0.367 e. The molecule has 0 aliphatic heterocycles. The number of nitrogens with one attached hydrogen (secondary N) is 2. The van der Waals surface area contributed by atoms with E-state index in [1.54, 1.807) is 32.3 Å². The molecule has 0 spiro atoms. The van der Waals surface area contributed by atoms with Gasteiger partial charge in [0.05, 0.1) is 5.70 Å². The molecule has 0 saturated carbocycles. The third-order valence-electron chi connectivity index (χ3n) is 2.89. The van der Waals surface area contributed by atoms with Crippen LogP contribution in [0, 0.1) is 0 Å². The van der Waals surface area contributed by atoms with E-state index in [1.807, 2.05) is 43.6 Å². The molecule has 1 heterocycles. The van der Waals surface area contributed by atoms with Crippen LogP contribution in [0.5, 0.6) is 0 Å². The Kier molecular flexibility index (Phi) is 7.86. The highest BCUT2D eigenvalue weighted by molar-refractivity contribution is 5.95. The van der Waals surface area contributed by atoms with E-state index in [4.69, 9.17) is 0 Å². The maximum Gasteiger partial charge on any atom is 0.248 e. The van der Waals surface area contributed by atoms with Gasteiger partial charge in [0, 0.05) is 25.7 Å². The van der Waals surface area contributed by atoms with Gasteiger partial charge in [-0.25, -0.2) is 0 Å². The number of allylic oxidation sites excluding steroid dienone is 8. The third kappa shape index (κ3) is 6.18. The fourth-order valence-corrected chi connectivity index (χ4v) is 1.92. The first-order valence-electron chi connectivity index (χ1n) is 7.35. The van der Waals surface area contributed by atoms with Gasteiger partial charge in [-0.1, -0.05) is 30.9 Å². The molecule has 0 atom stereocenters. The van der Waals surface area contributed by atoms with E-state index >= 15 is 0 Å².